The van der Waals surface area contributed by atoms with Gasteiger partial charge < -0.3 is 16.2 Å². The number of hydrogen-bond donors (Lipinski definition) is 3. The monoisotopic (exact) mass is 268 g/mol. The lowest BCUT2D eigenvalue weighted by atomic mass is 10.2. The maximum Gasteiger partial charge on any atom is 0.237 e. The van der Waals surface area contributed by atoms with Crippen LogP contribution in [0.2, 0.25) is 0 Å². The summed E-state index contributed by atoms with van der Waals surface area (Å²) >= 11 is 1.44. The molecule has 0 saturated heterocycles. The van der Waals surface area contributed by atoms with Crippen molar-refractivity contribution in [1.82, 2.24) is 0 Å². The van der Waals surface area contributed by atoms with Crippen LogP contribution in [-0.2, 0) is 4.79 Å². The summed E-state index contributed by atoms with van der Waals surface area (Å²) < 4.78 is 0. The van der Waals surface area contributed by atoms with Gasteiger partial charge in [-0.2, -0.15) is 0 Å². The molecule has 0 aromatic heterocycles. The minimum Gasteiger partial charge on any atom is -0.399 e. The molecule has 5 heteroatoms. The van der Waals surface area contributed by atoms with E-state index in [9.17, 15) is 4.79 Å². The average Bonchev–Trinajstić information content (AvgIpc) is 2.33. The Morgan fingerprint density at radius 3 is 2.78 bits per heavy atom. The second-order valence-electron chi connectivity index (χ2n) is 4.34. The fourth-order valence-corrected chi connectivity index (χ4v) is 2.43. The molecule has 0 aliphatic carbocycles. The predicted octanol–water partition coefficient (Wildman–Crippen LogP) is 2.02. The normalized spacial score (nSPS) is 14.0. The van der Waals surface area contributed by atoms with Gasteiger partial charge in [0.25, 0.3) is 0 Å². The molecule has 1 rings (SSSR count). The molecule has 0 heterocycles. The molecule has 0 radical (unpaired) electrons. The van der Waals surface area contributed by atoms with Crippen LogP contribution < -0.4 is 11.1 Å². The van der Waals surface area contributed by atoms with Crippen LogP contribution in [0.3, 0.4) is 0 Å². The fourth-order valence-electron chi connectivity index (χ4n) is 1.46. The van der Waals surface area contributed by atoms with Crippen LogP contribution in [-0.4, -0.2) is 28.1 Å². The van der Waals surface area contributed by atoms with Crippen LogP contribution in [0.15, 0.2) is 18.2 Å². The predicted molar refractivity (Wildman–Crippen MR) is 77.8 cm³/mol. The van der Waals surface area contributed by atoms with Crippen LogP contribution in [0.5, 0.6) is 0 Å². The molecule has 0 spiro atoms. The minimum atomic E-state index is -0.215. The Bertz CT molecular complexity index is 423. The highest BCUT2D eigenvalue weighted by Gasteiger charge is 2.17. The lowest BCUT2D eigenvalue weighted by Crippen LogP contribution is -2.25. The Balaban J connectivity index is 2.66. The molecule has 1 amide bonds. The molecular weight excluding hydrogens is 248 g/mol. The molecule has 2 atom stereocenters. The van der Waals surface area contributed by atoms with Gasteiger partial charge in [0.1, 0.15) is 0 Å². The highest BCUT2D eigenvalue weighted by molar-refractivity contribution is 8.01. The van der Waals surface area contributed by atoms with Crippen molar-refractivity contribution in [3.05, 3.63) is 23.8 Å². The smallest absolute Gasteiger partial charge is 0.237 e. The number of nitrogens with one attached hydrogen (secondary N) is 1. The van der Waals surface area contributed by atoms with Gasteiger partial charge in [-0.25, -0.2) is 0 Å². The molecule has 0 saturated carbocycles. The zero-order valence-corrected chi connectivity index (χ0v) is 11.8. The molecule has 100 valence electrons. The summed E-state index contributed by atoms with van der Waals surface area (Å²) in [5.74, 6) is -0.0750. The molecule has 18 heavy (non-hydrogen) atoms. The topological polar surface area (TPSA) is 75.3 Å². The van der Waals surface area contributed by atoms with Gasteiger partial charge in [-0.1, -0.05) is 13.0 Å². The number of aliphatic hydroxyl groups is 1. The van der Waals surface area contributed by atoms with E-state index in [1.54, 1.807) is 12.1 Å². The molecule has 0 bridgehead atoms. The summed E-state index contributed by atoms with van der Waals surface area (Å²) in [6.45, 7) is 5.71. The van der Waals surface area contributed by atoms with Crippen LogP contribution in [0.4, 0.5) is 11.4 Å². The van der Waals surface area contributed by atoms with Crippen molar-refractivity contribution in [2.75, 3.05) is 17.7 Å². The maximum atomic E-state index is 12.0. The molecule has 1 aromatic rings. The largest absolute Gasteiger partial charge is 0.399 e. The number of carbonyl (C=O) groups excluding carboxylic acids is 1. The fraction of sp³-hybridized carbons (Fsp3) is 0.462. The van der Waals surface area contributed by atoms with E-state index in [2.05, 4.69) is 5.32 Å². The Morgan fingerprint density at radius 2 is 2.17 bits per heavy atom. The van der Waals surface area contributed by atoms with Crippen molar-refractivity contribution in [3.8, 4) is 0 Å². The SMILES string of the molecule is Cc1ccc(N)cc1NC(=O)C(C)SC(C)CO. The molecule has 4 N–H and O–H groups in total. The van der Waals surface area contributed by atoms with Crippen LogP contribution in [0, 0.1) is 6.92 Å². The summed E-state index contributed by atoms with van der Waals surface area (Å²) in [6.07, 6.45) is 0. The number of thioether (sulfide) groups is 1. The van der Waals surface area contributed by atoms with E-state index in [1.807, 2.05) is 26.8 Å². The highest BCUT2D eigenvalue weighted by atomic mass is 32.2. The lowest BCUT2D eigenvalue weighted by Gasteiger charge is -2.16. The van der Waals surface area contributed by atoms with Gasteiger partial charge >= 0.3 is 0 Å². The summed E-state index contributed by atoms with van der Waals surface area (Å²) in [4.78, 5) is 12.0. The van der Waals surface area contributed by atoms with Gasteiger partial charge in [0.15, 0.2) is 0 Å². The number of carbonyl (C=O) groups is 1. The van der Waals surface area contributed by atoms with Crippen LogP contribution in [0.1, 0.15) is 19.4 Å². The van der Waals surface area contributed by atoms with Crippen molar-refractivity contribution >= 4 is 29.0 Å². The van der Waals surface area contributed by atoms with Crippen LogP contribution >= 0.6 is 11.8 Å². The minimum absolute atomic E-state index is 0.0488. The van der Waals surface area contributed by atoms with E-state index in [-0.39, 0.29) is 23.0 Å². The first-order valence-corrected chi connectivity index (χ1v) is 6.81. The number of nitrogens with two attached hydrogens (primary N) is 1. The third kappa shape index (κ3) is 4.23. The zero-order valence-electron chi connectivity index (χ0n) is 10.9. The van der Waals surface area contributed by atoms with E-state index in [0.29, 0.717) is 5.69 Å². The van der Waals surface area contributed by atoms with E-state index in [1.165, 1.54) is 11.8 Å². The van der Waals surface area contributed by atoms with Gasteiger partial charge in [0.05, 0.1) is 11.9 Å². The van der Waals surface area contributed by atoms with Crippen molar-refractivity contribution in [1.29, 1.82) is 0 Å². The van der Waals surface area contributed by atoms with Gasteiger partial charge in [0, 0.05) is 16.6 Å². The Labute approximate surface area is 112 Å². The van der Waals surface area contributed by atoms with E-state index in [0.717, 1.165) is 11.3 Å². The molecule has 0 fully saturated rings. The first-order chi connectivity index (χ1) is 8.43. The molecular formula is C13H20N2O2S. The lowest BCUT2D eigenvalue weighted by molar-refractivity contribution is -0.115. The third-order valence-electron chi connectivity index (χ3n) is 2.58. The molecule has 0 aliphatic rings. The van der Waals surface area contributed by atoms with Crippen molar-refractivity contribution in [2.45, 2.75) is 31.3 Å². The van der Waals surface area contributed by atoms with E-state index < -0.39 is 0 Å². The number of aryl methyl sites for hydroxylation is 1. The maximum absolute atomic E-state index is 12.0. The van der Waals surface area contributed by atoms with Crippen LogP contribution in [0.25, 0.3) is 0 Å². The van der Waals surface area contributed by atoms with Crippen molar-refractivity contribution in [2.24, 2.45) is 0 Å². The Morgan fingerprint density at radius 1 is 1.50 bits per heavy atom. The molecule has 4 nitrogen and oxygen atoms in total. The summed E-state index contributed by atoms with van der Waals surface area (Å²) in [5.41, 5.74) is 8.03. The quantitative estimate of drug-likeness (QED) is 0.714. The number of nitrogen functional groups attached to an aromatic ring is 1. The van der Waals surface area contributed by atoms with E-state index in [4.69, 9.17) is 10.8 Å². The molecule has 2 unspecified atom stereocenters. The number of benzene rings is 1. The van der Waals surface area contributed by atoms with Crippen molar-refractivity contribution in [3.63, 3.8) is 0 Å². The number of rotatable bonds is 5. The standard InChI is InChI=1S/C13H20N2O2S/c1-8-4-5-11(14)6-12(8)15-13(17)10(3)18-9(2)7-16/h4-6,9-10,16H,7,14H2,1-3H3,(H,15,17). The summed E-state index contributed by atoms with van der Waals surface area (Å²) in [6, 6.07) is 5.43. The number of aliphatic hydroxyl groups excluding tert-OH is 1. The second kappa shape index (κ2) is 6.66. The molecule has 1 aromatic carbocycles. The first kappa shape index (κ1) is 14.9. The average molecular weight is 268 g/mol. The third-order valence-corrected chi connectivity index (χ3v) is 3.82. The summed E-state index contributed by atoms with van der Waals surface area (Å²) in [7, 11) is 0. The van der Waals surface area contributed by atoms with Gasteiger partial charge in [-0.15, -0.1) is 11.8 Å². The number of anilines is 2. The molecule has 0 aliphatic heterocycles. The van der Waals surface area contributed by atoms with Crippen molar-refractivity contribution < 1.29 is 9.90 Å². The van der Waals surface area contributed by atoms with Gasteiger partial charge in [0.2, 0.25) is 5.91 Å². The Hall–Kier alpha value is -1.20. The van der Waals surface area contributed by atoms with Gasteiger partial charge in [-0.3, -0.25) is 4.79 Å². The zero-order chi connectivity index (χ0) is 13.7. The number of hydrogen-bond acceptors (Lipinski definition) is 4. The summed E-state index contributed by atoms with van der Waals surface area (Å²) in [5, 5.41) is 11.7. The number of amides is 1. The Kier molecular flexibility index (Phi) is 5.50. The van der Waals surface area contributed by atoms with E-state index >= 15 is 0 Å². The first-order valence-electron chi connectivity index (χ1n) is 5.87. The highest BCUT2D eigenvalue weighted by Crippen LogP contribution is 2.22. The second-order valence-corrected chi connectivity index (χ2v) is 6.12. The van der Waals surface area contributed by atoms with Gasteiger partial charge in [-0.05, 0) is 31.5 Å².